The van der Waals surface area contributed by atoms with E-state index in [-0.39, 0.29) is 0 Å². The Kier molecular flexibility index (Phi) is 3.94. The van der Waals surface area contributed by atoms with Gasteiger partial charge in [0.2, 0.25) is 0 Å². The van der Waals surface area contributed by atoms with Gasteiger partial charge in [-0.2, -0.15) is 0 Å². The molecule has 2 aliphatic rings. The van der Waals surface area contributed by atoms with E-state index >= 15 is 0 Å². The molecule has 1 N–H and O–H groups in total. The molecule has 1 aromatic rings. The first kappa shape index (κ1) is 12.5. The molecule has 2 fully saturated rings. The molecule has 0 aromatic carbocycles. The molecule has 18 heavy (non-hydrogen) atoms. The van der Waals surface area contributed by atoms with Gasteiger partial charge >= 0.3 is 0 Å². The van der Waals surface area contributed by atoms with Gasteiger partial charge in [0.15, 0.2) is 0 Å². The third kappa shape index (κ3) is 2.91. The lowest BCUT2D eigenvalue weighted by molar-refractivity contribution is 0.170. The number of rotatable bonds is 3. The van der Waals surface area contributed by atoms with E-state index in [0.717, 1.165) is 25.7 Å². The van der Waals surface area contributed by atoms with Gasteiger partial charge in [0.25, 0.3) is 0 Å². The van der Waals surface area contributed by atoms with E-state index in [1.165, 1.54) is 42.5 Å². The van der Waals surface area contributed by atoms with Crippen LogP contribution in [0.1, 0.15) is 16.3 Å². The van der Waals surface area contributed by atoms with E-state index < -0.39 is 0 Å². The summed E-state index contributed by atoms with van der Waals surface area (Å²) >= 11 is 1.84. The Hall–Kier alpha value is -0.490. The fourth-order valence-corrected chi connectivity index (χ4v) is 3.84. The molecule has 4 nitrogen and oxygen atoms in total. The van der Waals surface area contributed by atoms with Crippen LogP contribution >= 0.6 is 11.3 Å². The summed E-state index contributed by atoms with van der Waals surface area (Å²) in [5, 5.41) is 4.61. The van der Waals surface area contributed by atoms with E-state index in [4.69, 9.17) is 0 Å². The molecular formula is C13H22N4S. The highest BCUT2D eigenvalue weighted by atomic mass is 32.1. The Bertz CT molecular complexity index is 386. The zero-order valence-corrected chi connectivity index (χ0v) is 11.9. The van der Waals surface area contributed by atoms with Gasteiger partial charge in [0.1, 0.15) is 0 Å². The zero-order chi connectivity index (χ0) is 12.4. The van der Waals surface area contributed by atoms with Crippen LogP contribution in [0.4, 0.5) is 0 Å². The summed E-state index contributed by atoms with van der Waals surface area (Å²) in [4.78, 5) is 11.0. The number of hydrogen-bond acceptors (Lipinski definition) is 5. The summed E-state index contributed by atoms with van der Waals surface area (Å²) in [7, 11) is 0. The Morgan fingerprint density at radius 2 is 2.22 bits per heavy atom. The smallest absolute Gasteiger partial charge is 0.0897 e. The van der Waals surface area contributed by atoms with Crippen LogP contribution in [-0.2, 0) is 6.54 Å². The molecule has 0 spiro atoms. The number of thiazole rings is 1. The molecule has 3 rings (SSSR count). The Morgan fingerprint density at radius 3 is 2.94 bits per heavy atom. The summed E-state index contributed by atoms with van der Waals surface area (Å²) in [5.74, 6) is 0. The lowest BCUT2D eigenvalue weighted by Crippen LogP contribution is -2.49. The standard InChI is InChI=1S/C13H22N4S/c1-11-15-8-13(18-11)10-16-5-2-12(9-16)17-6-3-14-4-7-17/h8,12,14H,2-7,9-10H2,1H3. The second-order valence-electron chi connectivity index (χ2n) is 5.31. The maximum atomic E-state index is 4.34. The van der Waals surface area contributed by atoms with Gasteiger partial charge in [-0.1, -0.05) is 0 Å². The molecule has 0 aliphatic carbocycles. The number of nitrogens with one attached hydrogen (secondary N) is 1. The van der Waals surface area contributed by atoms with Gasteiger partial charge in [0, 0.05) is 62.9 Å². The van der Waals surface area contributed by atoms with Crippen molar-refractivity contribution in [2.45, 2.75) is 25.9 Å². The SMILES string of the molecule is Cc1ncc(CN2CCC(N3CCNCC3)C2)s1. The second kappa shape index (κ2) is 5.65. The van der Waals surface area contributed by atoms with E-state index in [9.17, 15) is 0 Å². The lowest BCUT2D eigenvalue weighted by Gasteiger charge is -2.32. The molecule has 3 heterocycles. The van der Waals surface area contributed by atoms with E-state index in [0.29, 0.717) is 0 Å². The summed E-state index contributed by atoms with van der Waals surface area (Å²) in [6, 6.07) is 0.779. The number of likely N-dealkylation sites (tertiary alicyclic amines) is 1. The van der Waals surface area contributed by atoms with E-state index in [1.807, 2.05) is 17.5 Å². The molecule has 1 atom stereocenters. The Morgan fingerprint density at radius 1 is 1.39 bits per heavy atom. The summed E-state index contributed by atoms with van der Waals surface area (Å²) < 4.78 is 0. The van der Waals surface area contributed by atoms with Crippen LogP contribution in [0, 0.1) is 6.92 Å². The third-order valence-electron chi connectivity index (χ3n) is 3.96. The molecule has 2 saturated heterocycles. The molecule has 0 radical (unpaired) electrons. The monoisotopic (exact) mass is 266 g/mol. The molecular weight excluding hydrogens is 244 g/mol. The minimum Gasteiger partial charge on any atom is -0.314 e. The molecule has 100 valence electrons. The first-order chi connectivity index (χ1) is 8.81. The predicted molar refractivity (Wildman–Crippen MR) is 75.0 cm³/mol. The van der Waals surface area contributed by atoms with E-state index in [2.05, 4.69) is 27.0 Å². The zero-order valence-electron chi connectivity index (χ0n) is 11.1. The van der Waals surface area contributed by atoms with Crippen LogP contribution in [0.3, 0.4) is 0 Å². The largest absolute Gasteiger partial charge is 0.314 e. The molecule has 0 bridgehead atoms. The fourth-order valence-electron chi connectivity index (χ4n) is 3.00. The van der Waals surface area contributed by atoms with Crippen molar-refractivity contribution >= 4 is 11.3 Å². The fraction of sp³-hybridized carbons (Fsp3) is 0.769. The van der Waals surface area contributed by atoms with Crippen molar-refractivity contribution in [3.05, 3.63) is 16.1 Å². The highest BCUT2D eigenvalue weighted by Crippen LogP contribution is 2.20. The van der Waals surface area contributed by atoms with Gasteiger partial charge in [-0.25, -0.2) is 4.98 Å². The van der Waals surface area contributed by atoms with Crippen molar-refractivity contribution in [2.24, 2.45) is 0 Å². The first-order valence-electron chi connectivity index (χ1n) is 6.90. The number of hydrogen-bond donors (Lipinski definition) is 1. The molecule has 0 amide bonds. The number of aryl methyl sites for hydroxylation is 1. The van der Waals surface area contributed by atoms with E-state index in [1.54, 1.807) is 0 Å². The summed E-state index contributed by atoms with van der Waals surface area (Å²) in [6.45, 7) is 10.4. The Labute approximate surface area is 113 Å². The topological polar surface area (TPSA) is 31.4 Å². The van der Waals surface area contributed by atoms with Gasteiger partial charge in [0.05, 0.1) is 5.01 Å². The van der Waals surface area contributed by atoms with Gasteiger partial charge in [-0.05, 0) is 13.3 Å². The molecule has 0 saturated carbocycles. The van der Waals surface area contributed by atoms with Crippen molar-refractivity contribution in [2.75, 3.05) is 39.3 Å². The molecule has 2 aliphatic heterocycles. The second-order valence-corrected chi connectivity index (χ2v) is 6.63. The average molecular weight is 266 g/mol. The van der Waals surface area contributed by atoms with Crippen molar-refractivity contribution in [3.63, 3.8) is 0 Å². The average Bonchev–Trinajstić information content (AvgIpc) is 3.01. The van der Waals surface area contributed by atoms with Crippen molar-refractivity contribution in [1.82, 2.24) is 20.1 Å². The van der Waals surface area contributed by atoms with Crippen LogP contribution in [0.15, 0.2) is 6.20 Å². The number of piperazine rings is 1. The first-order valence-corrected chi connectivity index (χ1v) is 7.71. The lowest BCUT2D eigenvalue weighted by atomic mass is 10.2. The van der Waals surface area contributed by atoms with Crippen LogP contribution in [-0.4, -0.2) is 60.1 Å². The predicted octanol–water partition coefficient (Wildman–Crippen LogP) is 0.931. The molecule has 1 aromatic heterocycles. The number of nitrogens with zero attached hydrogens (tertiary/aromatic N) is 3. The van der Waals surface area contributed by atoms with Crippen LogP contribution in [0.2, 0.25) is 0 Å². The highest BCUT2D eigenvalue weighted by molar-refractivity contribution is 7.11. The Balaban J connectivity index is 1.51. The maximum absolute atomic E-state index is 4.34. The minimum absolute atomic E-state index is 0.779. The van der Waals surface area contributed by atoms with Gasteiger partial charge < -0.3 is 5.32 Å². The third-order valence-corrected chi connectivity index (χ3v) is 4.86. The number of aromatic nitrogens is 1. The van der Waals surface area contributed by atoms with Crippen molar-refractivity contribution in [1.29, 1.82) is 0 Å². The highest BCUT2D eigenvalue weighted by Gasteiger charge is 2.28. The summed E-state index contributed by atoms with van der Waals surface area (Å²) in [5.41, 5.74) is 0. The maximum Gasteiger partial charge on any atom is 0.0897 e. The normalized spacial score (nSPS) is 26.8. The van der Waals surface area contributed by atoms with Gasteiger partial charge in [-0.3, -0.25) is 9.80 Å². The van der Waals surface area contributed by atoms with Crippen LogP contribution in [0.25, 0.3) is 0 Å². The molecule has 1 unspecified atom stereocenters. The van der Waals surface area contributed by atoms with Crippen molar-refractivity contribution in [3.8, 4) is 0 Å². The van der Waals surface area contributed by atoms with Crippen molar-refractivity contribution < 1.29 is 0 Å². The van der Waals surface area contributed by atoms with Gasteiger partial charge in [-0.15, -0.1) is 11.3 Å². The molecule has 5 heteroatoms. The minimum atomic E-state index is 0.779. The van der Waals surface area contributed by atoms with Crippen LogP contribution < -0.4 is 5.32 Å². The quantitative estimate of drug-likeness (QED) is 0.882. The summed E-state index contributed by atoms with van der Waals surface area (Å²) in [6.07, 6.45) is 3.37. The van der Waals surface area contributed by atoms with Crippen LogP contribution in [0.5, 0.6) is 0 Å².